The Morgan fingerprint density at radius 2 is 2.07 bits per heavy atom. The molecule has 2 aromatic rings. The lowest BCUT2D eigenvalue weighted by Gasteiger charge is -2.02. The van der Waals surface area contributed by atoms with Crippen LogP contribution in [0.2, 0.25) is 6.82 Å². The van der Waals surface area contributed by atoms with E-state index in [0.29, 0.717) is 10.9 Å². The number of rotatable bonds is 1. The topological polar surface area (TPSA) is 54.9 Å². The van der Waals surface area contributed by atoms with Crippen LogP contribution in [0.15, 0.2) is 27.8 Å². The maximum Gasteiger partial charge on any atom is 0.328 e. The van der Waals surface area contributed by atoms with E-state index < -0.39 is 0 Å². The molecule has 0 spiro atoms. The fourth-order valence-corrected chi connectivity index (χ4v) is 1.50. The fraction of sp³-hybridized carbons (Fsp3) is 0.200. The maximum atomic E-state index is 11.7. The zero-order chi connectivity index (χ0) is 11.0. The third kappa shape index (κ3) is 1.50. The second-order valence-electron chi connectivity index (χ2n) is 3.39. The van der Waals surface area contributed by atoms with Gasteiger partial charge >= 0.3 is 5.69 Å². The Bertz CT molecular complexity index is 627. The summed E-state index contributed by atoms with van der Waals surface area (Å²) < 4.78 is 1.07. The molecule has 1 heterocycles. The quantitative estimate of drug-likeness (QED) is 0.638. The van der Waals surface area contributed by atoms with Crippen LogP contribution in [-0.2, 0) is 7.05 Å². The number of nitrogens with zero attached hydrogens (tertiary/aromatic N) is 1. The second-order valence-corrected chi connectivity index (χ2v) is 3.39. The first-order chi connectivity index (χ1) is 7.13. The van der Waals surface area contributed by atoms with Gasteiger partial charge in [-0.2, -0.15) is 0 Å². The second kappa shape index (κ2) is 3.42. The number of aromatic amines is 1. The van der Waals surface area contributed by atoms with Crippen molar-refractivity contribution in [3.63, 3.8) is 0 Å². The summed E-state index contributed by atoms with van der Waals surface area (Å²) in [6.45, 7) is 1.90. The molecule has 0 saturated carbocycles. The van der Waals surface area contributed by atoms with Crippen molar-refractivity contribution in [2.24, 2.45) is 7.05 Å². The minimum atomic E-state index is -0.388. The molecular formula is C10H10BN2O2. The summed E-state index contributed by atoms with van der Waals surface area (Å²) in [5.41, 5.74) is 0.905. The van der Waals surface area contributed by atoms with Crippen LogP contribution in [0.1, 0.15) is 0 Å². The van der Waals surface area contributed by atoms with Gasteiger partial charge in [0.2, 0.25) is 0 Å². The molecule has 15 heavy (non-hydrogen) atoms. The van der Waals surface area contributed by atoms with E-state index in [1.807, 2.05) is 20.2 Å². The third-order valence-electron chi connectivity index (χ3n) is 2.46. The van der Waals surface area contributed by atoms with Gasteiger partial charge in [-0.25, -0.2) is 4.79 Å². The third-order valence-corrected chi connectivity index (χ3v) is 2.46. The lowest BCUT2D eigenvalue weighted by atomic mass is 9.73. The molecule has 4 nitrogen and oxygen atoms in total. The molecule has 0 atom stereocenters. The van der Waals surface area contributed by atoms with Gasteiger partial charge < -0.3 is 4.98 Å². The van der Waals surface area contributed by atoms with E-state index in [1.165, 1.54) is 7.05 Å². The van der Waals surface area contributed by atoms with Crippen LogP contribution >= 0.6 is 0 Å². The molecule has 0 aliphatic carbocycles. The van der Waals surface area contributed by atoms with Gasteiger partial charge in [-0.1, -0.05) is 18.4 Å². The molecular weight excluding hydrogens is 191 g/mol. The Hall–Kier alpha value is -1.78. The lowest BCUT2D eigenvalue weighted by molar-refractivity contribution is 0.794. The molecule has 1 aromatic carbocycles. The van der Waals surface area contributed by atoms with Gasteiger partial charge in [-0.05, 0) is 12.1 Å². The van der Waals surface area contributed by atoms with Crippen LogP contribution < -0.4 is 16.7 Å². The average molecular weight is 201 g/mol. The summed E-state index contributed by atoms with van der Waals surface area (Å²) in [6, 6.07) is 5.36. The van der Waals surface area contributed by atoms with Crippen LogP contribution in [0.4, 0.5) is 0 Å². The molecule has 0 unspecified atom stereocenters. The Labute approximate surface area is 86.8 Å². The van der Waals surface area contributed by atoms with Gasteiger partial charge in [0.1, 0.15) is 7.28 Å². The molecule has 5 heteroatoms. The summed E-state index contributed by atoms with van der Waals surface area (Å²) in [5, 5.41) is 0.530. The number of hydrogen-bond donors (Lipinski definition) is 1. The molecule has 2 rings (SSSR count). The van der Waals surface area contributed by atoms with Crippen LogP contribution in [0, 0.1) is 0 Å². The number of aromatic nitrogens is 2. The highest BCUT2D eigenvalue weighted by atomic mass is 16.2. The minimum Gasteiger partial charge on any atom is -0.307 e. The van der Waals surface area contributed by atoms with Crippen molar-refractivity contribution in [2.45, 2.75) is 6.82 Å². The minimum absolute atomic E-state index is 0.267. The fourth-order valence-electron chi connectivity index (χ4n) is 1.50. The SMILES string of the molecule is C[B]c1ccc2c(=O)n(C)c(=O)[nH]c2c1. The first kappa shape index (κ1) is 9.77. The van der Waals surface area contributed by atoms with E-state index in [0.717, 1.165) is 10.0 Å². The number of nitrogens with one attached hydrogen (secondary N) is 1. The standard InChI is InChI=1S/C10H10BN2O2/c1-11-6-3-4-7-8(5-6)12-10(15)13(2)9(7)14/h3-5H,1-2H3,(H,12,15). The maximum absolute atomic E-state index is 11.7. The largest absolute Gasteiger partial charge is 0.328 e. The Morgan fingerprint density at radius 1 is 1.33 bits per heavy atom. The molecule has 0 fully saturated rings. The van der Waals surface area contributed by atoms with Crippen molar-refractivity contribution >= 4 is 23.6 Å². The van der Waals surface area contributed by atoms with Gasteiger partial charge in [-0.15, -0.1) is 0 Å². The lowest BCUT2D eigenvalue weighted by Crippen LogP contribution is -2.32. The van der Waals surface area contributed by atoms with E-state index in [4.69, 9.17) is 0 Å². The van der Waals surface area contributed by atoms with Gasteiger partial charge in [-0.3, -0.25) is 9.36 Å². The van der Waals surface area contributed by atoms with Crippen molar-refractivity contribution < 1.29 is 0 Å². The summed E-state index contributed by atoms with van der Waals surface area (Å²) in [7, 11) is 3.37. The van der Waals surface area contributed by atoms with Crippen LogP contribution in [0.5, 0.6) is 0 Å². The van der Waals surface area contributed by atoms with E-state index in [-0.39, 0.29) is 11.2 Å². The zero-order valence-corrected chi connectivity index (χ0v) is 8.57. The predicted molar refractivity (Wildman–Crippen MR) is 61.1 cm³/mol. The van der Waals surface area contributed by atoms with Crippen molar-refractivity contribution in [3.8, 4) is 0 Å². The Morgan fingerprint density at radius 3 is 2.73 bits per heavy atom. The predicted octanol–water partition coefficient (Wildman–Crippen LogP) is -0.396. The summed E-state index contributed by atoms with van der Waals surface area (Å²) in [4.78, 5) is 25.7. The molecule has 1 aromatic heterocycles. The smallest absolute Gasteiger partial charge is 0.307 e. The van der Waals surface area contributed by atoms with Gasteiger partial charge in [0.05, 0.1) is 10.9 Å². The number of benzene rings is 1. The summed E-state index contributed by atoms with van der Waals surface area (Å²) in [6.07, 6.45) is 0. The van der Waals surface area contributed by atoms with Gasteiger partial charge in [0.25, 0.3) is 5.56 Å². The van der Waals surface area contributed by atoms with E-state index in [9.17, 15) is 9.59 Å². The Balaban J connectivity index is 2.93. The van der Waals surface area contributed by atoms with E-state index in [2.05, 4.69) is 4.98 Å². The molecule has 0 bridgehead atoms. The molecule has 75 valence electrons. The van der Waals surface area contributed by atoms with Gasteiger partial charge in [0, 0.05) is 7.05 Å². The highest BCUT2D eigenvalue weighted by Gasteiger charge is 2.04. The molecule has 0 aliphatic heterocycles. The monoisotopic (exact) mass is 201 g/mol. The number of H-pyrrole nitrogens is 1. The van der Waals surface area contributed by atoms with Crippen molar-refractivity contribution in [3.05, 3.63) is 39.0 Å². The number of fused-ring (bicyclic) bond motifs is 1. The number of hydrogen-bond acceptors (Lipinski definition) is 2. The molecule has 0 amide bonds. The van der Waals surface area contributed by atoms with E-state index >= 15 is 0 Å². The average Bonchev–Trinajstić information content (AvgIpc) is 2.25. The van der Waals surface area contributed by atoms with Crippen molar-refractivity contribution in [2.75, 3.05) is 0 Å². The molecule has 0 saturated heterocycles. The summed E-state index contributed by atoms with van der Waals surface area (Å²) in [5.74, 6) is 0. The molecule has 0 aliphatic rings. The van der Waals surface area contributed by atoms with Crippen molar-refractivity contribution in [1.29, 1.82) is 0 Å². The summed E-state index contributed by atoms with van der Waals surface area (Å²) >= 11 is 0. The normalized spacial score (nSPS) is 10.5. The van der Waals surface area contributed by atoms with Crippen LogP contribution in [0.25, 0.3) is 10.9 Å². The zero-order valence-electron chi connectivity index (χ0n) is 8.57. The Kier molecular flexibility index (Phi) is 2.23. The molecule has 1 N–H and O–H groups in total. The first-order valence-corrected chi connectivity index (χ1v) is 4.66. The van der Waals surface area contributed by atoms with Crippen LogP contribution in [-0.4, -0.2) is 16.8 Å². The van der Waals surface area contributed by atoms with Gasteiger partial charge in [0.15, 0.2) is 0 Å². The highest BCUT2D eigenvalue weighted by Crippen LogP contribution is 2.01. The van der Waals surface area contributed by atoms with Crippen LogP contribution in [0.3, 0.4) is 0 Å². The molecule has 1 radical (unpaired) electrons. The highest BCUT2D eigenvalue weighted by molar-refractivity contribution is 6.52. The van der Waals surface area contributed by atoms with Crippen molar-refractivity contribution in [1.82, 2.24) is 9.55 Å². The van der Waals surface area contributed by atoms with E-state index in [1.54, 1.807) is 12.1 Å². The first-order valence-electron chi connectivity index (χ1n) is 4.66.